The molecule has 0 aliphatic heterocycles. The Kier molecular flexibility index (Phi) is 3.74. The standard InChI is InChI=1S/C13H17FN4/c1-9-3-4-12(14)11(7-9)13(16-15)8-10-5-6-18(2)17-10/h3-7,13,16H,8,15H2,1-2H3. The highest BCUT2D eigenvalue weighted by Crippen LogP contribution is 2.21. The van der Waals surface area contributed by atoms with Crippen LogP contribution in [0.25, 0.3) is 0 Å². The van der Waals surface area contributed by atoms with Gasteiger partial charge in [0.2, 0.25) is 0 Å². The van der Waals surface area contributed by atoms with Crippen LogP contribution in [0, 0.1) is 12.7 Å². The molecule has 0 amide bonds. The van der Waals surface area contributed by atoms with Crippen LogP contribution in [0.1, 0.15) is 22.9 Å². The van der Waals surface area contributed by atoms with Crippen molar-refractivity contribution in [1.29, 1.82) is 0 Å². The van der Waals surface area contributed by atoms with E-state index in [0.717, 1.165) is 11.3 Å². The fourth-order valence-electron chi connectivity index (χ4n) is 1.97. The largest absolute Gasteiger partial charge is 0.276 e. The van der Waals surface area contributed by atoms with Gasteiger partial charge < -0.3 is 0 Å². The van der Waals surface area contributed by atoms with Crippen molar-refractivity contribution in [2.75, 3.05) is 0 Å². The predicted octanol–water partition coefficient (Wildman–Crippen LogP) is 1.61. The van der Waals surface area contributed by atoms with E-state index in [2.05, 4.69) is 10.5 Å². The summed E-state index contributed by atoms with van der Waals surface area (Å²) in [7, 11) is 1.85. The summed E-state index contributed by atoms with van der Waals surface area (Å²) in [5.41, 5.74) is 5.11. The van der Waals surface area contributed by atoms with E-state index in [1.165, 1.54) is 6.07 Å². The van der Waals surface area contributed by atoms with Crippen LogP contribution in [0.3, 0.4) is 0 Å². The lowest BCUT2D eigenvalue weighted by atomic mass is 10.0. The minimum absolute atomic E-state index is 0.250. The van der Waals surface area contributed by atoms with Gasteiger partial charge in [0.05, 0.1) is 11.7 Å². The fourth-order valence-corrected chi connectivity index (χ4v) is 1.97. The first-order valence-electron chi connectivity index (χ1n) is 5.81. The molecule has 0 aliphatic rings. The van der Waals surface area contributed by atoms with Crippen LogP contribution in [-0.2, 0) is 13.5 Å². The van der Waals surface area contributed by atoms with Gasteiger partial charge >= 0.3 is 0 Å². The molecular formula is C13H17FN4. The number of hydrogen-bond acceptors (Lipinski definition) is 3. The highest BCUT2D eigenvalue weighted by molar-refractivity contribution is 5.27. The third-order valence-electron chi connectivity index (χ3n) is 2.91. The van der Waals surface area contributed by atoms with Gasteiger partial charge in [-0.1, -0.05) is 17.7 Å². The zero-order chi connectivity index (χ0) is 13.1. The lowest BCUT2D eigenvalue weighted by Crippen LogP contribution is -2.30. The quantitative estimate of drug-likeness (QED) is 0.638. The number of halogens is 1. The SMILES string of the molecule is Cc1ccc(F)c(C(Cc2ccn(C)n2)NN)c1. The summed E-state index contributed by atoms with van der Waals surface area (Å²) in [6.45, 7) is 1.93. The summed E-state index contributed by atoms with van der Waals surface area (Å²) in [5.74, 6) is 5.28. The number of rotatable bonds is 4. The number of aromatic nitrogens is 2. The molecule has 0 bridgehead atoms. The van der Waals surface area contributed by atoms with Gasteiger partial charge in [-0.05, 0) is 19.1 Å². The van der Waals surface area contributed by atoms with E-state index < -0.39 is 0 Å². The van der Waals surface area contributed by atoms with Gasteiger partial charge in [-0.15, -0.1) is 0 Å². The number of nitrogens with two attached hydrogens (primary N) is 1. The molecule has 96 valence electrons. The molecule has 2 rings (SSSR count). The number of aryl methyl sites for hydroxylation is 2. The fraction of sp³-hybridized carbons (Fsp3) is 0.308. The average molecular weight is 248 g/mol. The Balaban J connectivity index is 2.25. The topological polar surface area (TPSA) is 55.9 Å². The molecule has 0 fully saturated rings. The highest BCUT2D eigenvalue weighted by Gasteiger charge is 2.16. The van der Waals surface area contributed by atoms with Gasteiger partial charge in [0.25, 0.3) is 0 Å². The molecule has 1 heterocycles. The first-order chi connectivity index (χ1) is 8.60. The van der Waals surface area contributed by atoms with Gasteiger partial charge in [0.15, 0.2) is 0 Å². The Morgan fingerprint density at radius 2 is 2.22 bits per heavy atom. The molecule has 1 aromatic heterocycles. The molecule has 0 aliphatic carbocycles. The van der Waals surface area contributed by atoms with Crippen molar-refractivity contribution in [1.82, 2.24) is 15.2 Å². The molecule has 1 unspecified atom stereocenters. The summed E-state index contributed by atoms with van der Waals surface area (Å²) in [6.07, 6.45) is 2.41. The number of hydrogen-bond donors (Lipinski definition) is 2. The van der Waals surface area contributed by atoms with Gasteiger partial charge in [0, 0.05) is 25.2 Å². The second-order valence-corrected chi connectivity index (χ2v) is 4.43. The maximum Gasteiger partial charge on any atom is 0.128 e. The van der Waals surface area contributed by atoms with E-state index in [4.69, 9.17) is 5.84 Å². The maximum absolute atomic E-state index is 13.8. The first-order valence-corrected chi connectivity index (χ1v) is 5.81. The van der Waals surface area contributed by atoms with Crippen molar-refractivity contribution in [2.45, 2.75) is 19.4 Å². The molecule has 5 heteroatoms. The van der Waals surface area contributed by atoms with Crippen molar-refractivity contribution in [3.8, 4) is 0 Å². The Bertz CT molecular complexity index is 536. The Morgan fingerprint density at radius 3 is 2.83 bits per heavy atom. The smallest absolute Gasteiger partial charge is 0.128 e. The normalized spacial score (nSPS) is 12.7. The average Bonchev–Trinajstić information content (AvgIpc) is 2.75. The van der Waals surface area contributed by atoms with Crippen molar-refractivity contribution >= 4 is 0 Å². The Labute approximate surface area is 106 Å². The lowest BCUT2D eigenvalue weighted by Gasteiger charge is -2.16. The van der Waals surface area contributed by atoms with E-state index in [0.29, 0.717) is 12.0 Å². The van der Waals surface area contributed by atoms with Crippen molar-refractivity contribution < 1.29 is 4.39 Å². The van der Waals surface area contributed by atoms with Crippen LogP contribution in [0.4, 0.5) is 4.39 Å². The summed E-state index contributed by atoms with van der Waals surface area (Å²) in [6, 6.07) is 6.64. The van der Waals surface area contributed by atoms with Crippen molar-refractivity contribution in [2.24, 2.45) is 12.9 Å². The van der Waals surface area contributed by atoms with Crippen LogP contribution >= 0.6 is 0 Å². The van der Waals surface area contributed by atoms with E-state index >= 15 is 0 Å². The van der Waals surface area contributed by atoms with Gasteiger partial charge in [-0.25, -0.2) is 4.39 Å². The lowest BCUT2D eigenvalue weighted by molar-refractivity contribution is 0.504. The van der Waals surface area contributed by atoms with Gasteiger partial charge in [-0.3, -0.25) is 16.0 Å². The second kappa shape index (κ2) is 5.29. The molecule has 0 saturated carbocycles. The molecule has 0 spiro atoms. The molecule has 0 saturated heterocycles. The number of hydrazine groups is 1. The molecule has 2 aromatic rings. The molecule has 0 radical (unpaired) electrons. The summed E-state index contributed by atoms with van der Waals surface area (Å²) < 4.78 is 15.5. The first kappa shape index (κ1) is 12.7. The molecule has 18 heavy (non-hydrogen) atoms. The summed E-state index contributed by atoms with van der Waals surface area (Å²) in [4.78, 5) is 0. The number of benzene rings is 1. The minimum Gasteiger partial charge on any atom is -0.276 e. The van der Waals surface area contributed by atoms with E-state index in [-0.39, 0.29) is 11.9 Å². The summed E-state index contributed by atoms with van der Waals surface area (Å²) in [5, 5.41) is 4.27. The Morgan fingerprint density at radius 1 is 1.44 bits per heavy atom. The second-order valence-electron chi connectivity index (χ2n) is 4.43. The van der Waals surface area contributed by atoms with Crippen LogP contribution in [0.2, 0.25) is 0 Å². The zero-order valence-corrected chi connectivity index (χ0v) is 10.5. The summed E-state index contributed by atoms with van der Waals surface area (Å²) >= 11 is 0. The number of nitrogens with one attached hydrogen (secondary N) is 1. The third-order valence-corrected chi connectivity index (χ3v) is 2.91. The van der Waals surface area contributed by atoms with Crippen LogP contribution in [0.15, 0.2) is 30.5 Å². The predicted molar refractivity (Wildman–Crippen MR) is 68.1 cm³/mol. The highest BCUT2D eigenvalue weighted by atomic mass is 19.1. The van der Waals surface area contributed by atoms with E-state index in [9.17, 15) is 4.39 Å². The van der Waals surface area contributed by atoms with Gasteiger partial charge in [0.1, 0.15) is 5.82 Å². The van der Waals surface area contributed by atoms with Crippen molar-refractivity contribution in [3.63, 3.8) is 0 Å². The molecule has 3 N–H and O–H groups in total. The van der Waals surface area contributed by atoms with Crippen LogP contribution < -0.4 is 11.3 Å². The van der Waals surface area contributed by atoms with Crippen LogP contribution in [-0.4, -0.2) is 9.78 Å². The monoisotopic (exact) mass is 248 g/mol. The molecule has 4 nitrogen and oxygen atoms in total. The zero-order valence-electron chi connectivity index (χ0n) is 10.5. The molecule has 1 aromatic carbocycles. The minimum atomic E-state index is -0.278. The van der Waals surface area contributed by atoms with E-state index in [1.807, 2.05) is 32.3 Å². The Hall–Kier alpha value is -1.72. The van der Waals surface area contributed by atoms with E-state index in [1.54, 1.807) is 10.7 Å². The maximum atomic E-state index is 13.8. The third kappa shape index (κ3) is 2.75. The molecular weight excluding hydrogens is 231 g/mol. The van der Waals surface area contributed by atoms with Crippen LogP contribution in [0.5, 0.6) is 0 Å². The number of nitrogens with zero attached hydrogens (tertiary/aromatic N) is 2. The van der Waals surface area contributed by atoms with Gasteiger partial charge in [-0.2, -0.15) is 5.10 Å². The van der Waals surface area contributed by atoms with Crippen molar-refractivity contribution in [3.05, 3.63) is 53.1 Å². The molecule has 1 atom stereocenters.